The van der Waals surface area contributed by atoms with Crippen LogP contribution in [-0.2, 0) is 9.59 Å². The molecule has 27 heavy (non-hydrogen) atoms. The number of hydrogen-bond acceptors (Lipinski definition) is 3. The molecular formula is C22H33N3O2. The lowest BCUT2D eigenvalue weighted by Gasteiger charge is -2.26. The average Bonchev–Trinajstić information content (AvgIpc) is 3.49. The van der Waals surface area contributed by atoms with Gasteiger partial charge in [-0.2, -0.15) is 0 Å². The van der Waals surface area contributed by atoms with E-state index >= 15 is 0 Å². The monoisotopic (exact) mass is 371 g/mol. The number of benzene rings is 1. The molecule has 1 heterocycles. The predicted molar refractivity (Wildman–Crippen MR) is 110 cm³/mol. The Labute approximate surface area is 163 Å². The molecule has 0 spiro atoms. The molecule has 2 aliphatic rings. The van der Waals surface area contributed by atoms with Crippen LogP contribution in [0.1, 0.15) is 57.9 Å². The summed E-state index contributed by atoms with van der Waals surface area (Å²) < 4.78 is 0. The Kier molecular flexibility index (Phi) is 6.08. The Morgan fingerprint density at radius 2 is 1.70 bits per heavy atom. The first-order valence-corrected chi connectivity index (χ1v) is 10.5. The predicted octanol–water partition coefficient (Wildman–Crippen LogP) is 3.96. The van der Waals surface area contributed by atoms with E-state index in [9.17, 15) is 9.59 Å². The molecule has 0 unspecified atom stereocenters. The molecule has 5 nitrogen and oxygen atoms in total. The van der Waals surface area contributed by atoms with Crippen molar-refractivity contribution in [3.05, 3.63) is 23.8 Å². The lowest BCUT2D eigenvalue weighted by atomic mass is 10.0. The third-order valence-corrected chi connectivity index (χ3v) is 6.07. The molecule has 1 saturated heterocycles. The molecule has 1 aliphatic heterocycles. The number of amides is 2. The van der Waals surface area contributed by atoms with Crippen LogP contribution in [0.4, 0.5) is 11.4 Å². The summed E-state index contributed by atoms with van der Waals surface area (Å²) in [7, 11) is 0. The van der Waals surface area contributed by atoms with Crippen molar-refractivity contribution in [2.75, 3.05) is 36.4 Å². The van der Waals surface area contributed by atoms with E-state index in [1.807, 2.05) is 24.0 Å². The van der Waals surface area contributed by atoms with Gasteiger partial charge in [0.25, 0.3) is 0 Å². The zero-order valence-corrected chi connectivity index (χ0v) is 17.0. The number of aryl methyl sites for hydroxylation is 1. The van der Waals surface area contributed by atoms with E-state index in [1.54, 1.807) is 0 Å². The highest BCUT2D eigenvalue weighted by Crippen LogP contribution is 2.48. The molecule has 0 radical (unpaired) electrons. The molecule has 0 bridgehead atoms. The largest absolute Gasteiger partial charge is 0.372 e. The van der Waals surface area contributed by atoms with Gasteiger partial charge in [-0.25, -0.2) is 0 Å². The van der Waals surface area contributed by atoms with Crippen molar-refractivity contribution in [1.82, 2.24) is 4.90 Å². The van der Waals surface area contributed by atoms with Crippen LogP contribution in [0.15, 0.2) is 18.2 Å². The zero-order valence-electron chi connectivity index (χ0n) is 17.0. The maximum absolute atomic E-state index is 13.0. The smallest absolute Gasteiger partial charge is 0.240 e. The summed E-state index contributed by atoms with van der Waals surface area (Å²) in [6, 6.07) is 6.12. The number of anilines is 2. The van der Waals surface area contributed by atoms with Crippen LogP contribution in [0.2, 0.25) is 0 Å². The number of carbonyl (C=O) groups is 2. The van der Waals surface area contributed by atoms with Crippen LogP contribution in [-0.4, -0.2) is 42.9 Å². The van der Waals surface area contributed by atoms with Crippen LogP contribution in [0.25, 0.3) is 0 Å². The average molecular weight is 372 g/mol. The summed E-state index contributed by atoms with van der Waals surface area (Å²) in [5, 5.41) is 3.05. The molecule has 148 valence electrons. The fourth-order valence-corrected chi connectivity index (χ4v) is 4.05. The van der Waals surface area contributed by atoms with Gasteiger partial charge in [0, 0.05) is 37.6 Å². The molecule has 0 atom stereocenters. The minimum atomic E-state index is -0.825. The Morgan fingerprint density at radius 1 is 1.07 bits per heavy atom. The third kappa shape index (κ3) is 4.12. The fraction of sp³-hybridized carbons (Fsp3) is 0.636. The summed E-state index contributed by atoms with van der Waals surface area (Å²) in [4.78, 5) is 30.2. The van der Waals surface area contributed by atoms with Gasteiger partial charge in [-0.1, -0.05) is 12.8 Å². The molecular weight excluding hydrogens is 338 g/mol. The van der Waals surface area contributed by atoms with Crippen LogP contribution in [0.3, 0.4) is 0 Å². The van der Waals surface area contributed by atoms with Gasteiger partial charge in [-0.15, -0.1) is 0 Å². The summed E-state index contributed by atoms with van der Waals surface area (Å²) >= 11 is 0. The topological polar surface area (TPSA) is 52.7 Å². The van der Waals surface area contributed by atoms with Crippen molar-refractivity contribution in [2.24, 2.45) is 5.41 Å². The number of likely N-dealkylation sites (tertiary alicyclic amines) is 1. The SMILES string of the molecule is CCN(CC)c1ccc(NC(=O)C2(C(=O)N3CCCCCC3)CC2)c(C)c1. The van der Waals surface area contributed by atoms with E-state index in [1.165, 1.54) is 12.8 Å². The minimum Gasteiger partial charge on any atom is -0.372 e. The normalized spacial score (nSPS) is 18.6. The Balaban J connectivity index is 1.70. The Hall–Kier alpha value is -2.04. The van der Waals surface area contributed by atoms with Crippen LogP contribution < -0.4 is 10.2 Å². The lowest BCUT2D eigenvalue weighted by molar-refractivity contribution is -0.142. The summed E-state index contributed by atoms with van der Waals surface area (Å²) in [6.45, 7) is 9.79. The molecule has 1 aromatic rings. The Bertz CT molecular complexity index is 685. The highest BCUT2D eigenvalue weighted by molar-refractivity contribution is 6.13. The van der Waals surface area contributed by atoms with E-state index in [0.29, 0.717) is 12.8 Å². The van der Waals surface area contributed by atoms with Crippen molar-refractivity contribution in [1.29, 1.82) is 0 Å². The maximum Gasteiger partial charge on any atom is 0.240 e. The first-order valence-electron chi connectivity index (χ1n) is 10.5. The maximum atomic E-state index is 13.0. The number of nitrogens with one attached hydrogen (secondary N) is 1. The highest BCUT2D eigenvalue weighted by atomic mass is 16.2. The fourth-order valence-electron chi connectivity index (χ4n) is 4.05. The first kappa shape index (κ1) is 19.7. The second-order valence-corrected chi connectivity index (χ2v) is 7.91. The standard InChI is InChI=1S/C22H33N3O2/c1-4-24(5-2)18-10-11-19(17(3)16-18)23-20(26)22(12-13-22)21(27)25-14-8-6-7-9-15-25/h10-11,16H,4-9,12-15H2,1-3H3,(H,23,26). The van der Waals surface area contributed by atoms with E-state index < -0.39 is 5.41 Å². The van der Waals surface area contributed by atoms with Crippen LogP contribution in [0, 0.1) is 12.3 Å². The van der Waals surface area contributed by atoms with Crippen molar-refractivity contribution < 1.29 is 9.59 Å². The molecule has 3 rings (SSSR count). The first-order chi connectivity index (χ1) is 13.0. The van der Waals surface area contributed by atoms with Gasteiger partial charge in [-0.05, 0) is 70.2 Å². The molecule has 0 aromatic heterocycles. The van der Waals surface area contributed by atoms with E-state index in [-0.39, 0.29) is 11.8 Å². The van der Waals surface area contributed by atoms with Crippen molar-refractivity contribution in [3.63, 3.8) is 0 Å². The quantitative estimate of drug-likeness (QED) is 0.770. The molecule has 5 heteroatoms. The van der Waals surface area contributed by atoms with Gasteiger partial charge in [0.2, 0.25) is 11.8 Å². The zero-order chi connectivity index (χ0) is 19.4. The van der Waals surface area contributed by atoms with E-state index in [0.717, 1.165) is 56.0 Å². The Morgan fingerprint density at radius 3 is 2.22 bits per heavy atom. The van der Waals surface area contributed by atoms with E-state index in [2.05, 4.69) is 30.1 Å². The number of rotatable bonds is 6. The second kappa shape index (κ2) is 8.32. The molecule has 2 fully saturated rings. The molecule has 2 amide bonds. The molecule has 1 aliphatic carbocycles. The molecule has 1 saturated carbocycles. The van der Waals surface area contributed by atoms with Crippen molar-refractivity contribution in [2.45, 2.75) is 59.3 Å². The van der Waals surface area contributed by atoms with Gasteiger partial charge < -0.3 is 15.1 Å². The highest BCUT2D eigenvalue weighted by Gasteiger charge is 2.58. The summed E-state index contributed by atoms with van der Waals surface area (Å²) in [6.07, 6.45) is 5.81. The van der Waals surface area contributed by atoms with Gasteiger partial charge >= 0.3 is 0 Å². The molecule has 1 aromatic carbocycles. The minimum absolute atomic E-state index is 0.0410. The van der Waals surface area contributed by atoms with Crippen LogP contribution in [0.5, 0.6) is 0 Å². The van der Waals surface area contributed by atoms with Gasteiger partial charge in [0.1, 0.15) is 5.41 Å². The number of nitrogens with zero attached hydrogens (tertiary/aromatic N) is 2. The molecule has 1 N–H and O–H groups in total. The second-order valence-electron chi connectivity index (χ2n) is 7.91. The van der Waals surface area contributed by atoms with Crippen molar-refractivity contribution >= 4 is 23.2 Å². The summed E-state index contributed by atoms with van der Waals surface area (Å²) in [5.74, 6) is -0.0882. The van der Waals surface area contributed by atoms with Crippen LogP contribution >= 0.6 is 0 Å². The number of hydrogen-bond donors (Lipinski definition) is 1. The van der Waals surface area contributed by atoms with Crippen molar-refractivity contribution in [3.8, 4) is 0 Å². The van der Waals surface area contributed by atoms with E-state index in [4.69, 9.17) is 0 Å². The van der Waals surface area contributed by atoms with Gasteiger partial charge in [0.15, 0.2) is 0 Å². The number of carbonyl (C=O) groups excluding carboxylic acids is 2. The summed E-state index contributed by atoms with van der Waals surface area (Å²) in [5.41, 5.74) is 2.18. The van der Waals surface area contributed by atoms with Gasteiger partial charge in [0.05, 0.1) is 0 Å². The third-order valence-electron chi connectivity index (χ3n) is 6.07. The lowest BCUT2D eigenvalue weighted by Crippen LogP contribution is -2.43. The van der Waals surface area contributed by atoms with Gasteiger partial charge in [-0.3, -0.25) is 9.59 Å².